The number of hydrogen-bond acceptors (Lipinski definition) is 4. The van der Waals surface area contributed by atoms with Crippen LogP contribution in [0.2, 0.25) is 0 Å². The van der Waals surface area contributed by atoms with Gasteiger partial charge in [0.1, 0.15) is 11.6 Å². The Bertz CT molecular complexity index is 796. The zero-order valence-corrected chi connectivity index (χ0v) is 15.2. The highest BCUT2D eigenvalue weighted by atomic mass is 32.1. The number of pyridine rings is 1. The second-order valence-electron chi connectivity index (χ2n) is 6.04. The largest absolute Gasteiger partial charge is 0.573 e. The molecule has 2 heterocycles. The molecule has 5 nitrogen and oxygen atoms in total. The van der Waals surface area contributed by atoms with E-state index in [2.05, 4.69) is 31.7 Å². The topological polar surface area (TPSA) is 58.2 Å². The lowest BCUT2D eigenvalue weighted by Crippen LogP contribution is -2.30. The number of nitrogens with zero attached hydrogens (tertiary/aromatic N) is 1. The lowest BCUT2D eigenvalue weighted by Gasteiger charge is -2.17. The smallest absolute Gasteiger partial charge is 0.406 e. The molecule has 1 aromatic carbocycles. The van der Waals surface area contributed by atoms with Crippen LogP contribution in [0.1, 0.15) is 17.7 Å². The number of alkyl halides is 3. The van der Waals surface area contributed by atoms with E-state index >= 15 is 0 Å². The SMILES string of the molecule is FC(F)(F)Oc1ccc(NC(=S)NCCc2ccc3c(n2)NCCC3)cc1. The average molecular weight is 396 g/mol. The lowest BCUT2D eigenvalue weighted by molar-refractivity contribution is -0.274. The Morgan fingerprint density at radius 2 is 1.96 bits per heavy atom. The zero-order valence-electron chi connectivity index (χ0n) is 14.4. The molecule has 0 radical (unpaired) electrons. The summed E-state index contributed by atoms with van der Waals surface area (Å²) in [5.41, 5.74) is 2.78. The van der Waals surface area contributed by atoms with Gasteiger partial charge in [-0.1, -0.05) is 6.07 Å². The predicted octanol–water partition coefficient (Wildman–Crippen LogP) is 3.87. The van der Waals surface area contributed by atoms with Crippen LogP contribution in [0.4, 0.5) is 24.7 Å². The number of thiocarbonyl (C=S) groups is 1. The second-order valence-corrected chi connectivity index (χ2v) is 6.45. The minimum atomic E-state index is -4.70. The van der Waals surface area contributed by atoms with Crippen LogP contribution in [-0.4, -0.2) is 29.5 Å². The van der Waals surface area contributed by atoms with Gasteiger partial charge in [0.15, 0.2) is 5.11 Å². The van der Waals surface area contributed by atoms with Crippen molar-refractivity contribution in [2.45, 2.75) is 25.6 Å². The fourth-order valence-corrected chi connectivity index (χ4v) is 2.95. The third-order valence-electron chi connectivity index (χ3n) is 3.96. The molecule has 1 aliphatic heterocycles. The molecule has 9 heteroatoms. The first-order valence-corrected chi connectivity index (χ1v) is 8.93. The quantitative estimate of drug-likeness (QED) is 0.667. The molecular formula is C18H19F3N4OS. The molecule has 0 spiro atoms. The maximum Gasteiger partial charge on any atom is 0.573 e. The molecule has 1 aliphatic rings. The number of ether oxygens (including phenoxy) is 1. The maximum atomic E-state index is 12.1. The van der Waals surface area contributed by atoms with Gasteiger partial charge in [-0.25, -0.2) is 4.98 Å². The number of aromatic nitrogens is 1. The molecule has 0 bridgehead atoms. The molecule has 0 aliphatic carbocycles. The fraction of sp³-hybridized carbons (Fsp3) is 0.333. The Hall–Kier alpha value is -2.55. The van der Waals surface area contributed by atoms with Crippen molar-refractivity contribution in [2.75, 3.05) is 23.7 Å². The van der Waals surface area contributed by atoms with Crippen LogP contribution in [-0.2, 0) is 12.8 Å². The number of rotatable bonds is 5. The molecule has 3 N–H and O–H groups in total. The standard InChI is InChI=1S/C18H19F3N4OS/c19-18(20,21)26-15-7-5-13(6-8-15)25-17(27)23-11-9-14-4-3-12-2-1-10-22-16(12)24-14/h3-8H,1-2,9-11H2,(H,22,24)(H2,23,25,27). The van der Waals surface area contributed by atoms with E-state index in [1.165, 1.54) is 29.8 Å². The lowest BCUT2D eigenvalue weighted by atomic mass is 10.1. The Kier molecular flexibility index (Phi) is 6.00. The van der Waals surface area contributed by atoms with Gasteiger partial charge in [-0.15, -0.1) is 13.2 Å². The number of halogens is 3. The van der Waals surface area contributed by atoms with Crippen molar-refractivity contribution in [3.8, 4) is 5.75 Å². The molecule has 2 aromatic rings. The minimum absolute atomic E-state index is 0.279. The molecule has 1 aromatic heterocycles. The van der Waals surface area contributed by atoms with Gasteiger partial charge in [0.2, 0.25) is 0 Å². The van der Waals surface area contributed by atoms with E-state index in [1.54, 1.807) is 0 Å². The van der Waals surface area contributed by atoms with Crippen molar-refractivity contribution in [1.29, 1.82) is 0 Å². The summed E-state index contributed by atoms with van der Waals surface area (Å²) in [6.45, 7) is 1.54. The highest BCUT2D eigenvalue weighted by molar-refractivity contribution is 7.80. The van der Waals surface area contributed by atoms with Crippen molar-refractivity contribution in [3.63, 3.8) is 0 Å². The maximum absolute atomic E-state index is 12.1. The summed E-state index contributed by atoms with van der Waals surface area (Å²) >= 11 is 5.20. The van der Waals surface area contributed by atoms with Crippen LogP contribution in [0, 0.1) is 0 Å². The summed E-state index contributed by atoms with van der Waals surface area (Å²) in [6.07, 6.45) is -1.82. The number of anilines is 2. The van der Waals surface area contributed by atoms with Crippen LogP contribution in [0.25, 0.3) is 0 Å². The summed E-state index contributed by atoms with van der Waals surface area (Å²) in [4.78, 5) is 4.61. The van der Waals surface area contributed by atoms with Crippen LogP contribution in [0.5, 0.6) is 5.75 Å². The molecule has 27 heavy (non-hydrogen) atoms. The van der Waals surface area contributed by atoms with E-state index in [-0.39, 0.29) is 5.75 Å². The fourth-order valence-electron chi connectivity index (χ4n) is 2.73. The molecule has 0 saturated carbocycles. The monoisotopic (exact) mass is 396 g/mol. The van der Waals surface area contributed by atoms with E-state index in [0.29, 0.717) is 23.8 Å². The van der Waals surface area contributed by atoms with Crippen molar-refractivity contribution in [2.24, 2.45) is 0 Å². The van der Waals surface area contributed by atoms with Gasteiger partial charge < -0.3 is 20.7 Å². The van der Waals surface area contributed by atoms with Gasteiger partial charge in [0, 0.05) is 30.9 Å². The Balaban J connectivity index is 1.44. The van der Waals surface area contributed by atoms with Gasteiger partial charge >= 0.3 is 6.36 Å². The third kappa shape index (κ3) is 5.99. The normalized spacial score (nSPS) is 13.3. The number of fused-ring (bicyclic) bond motifs is 1. The van der Waals surface area contributed by atoms with E-state index < -0.39 is 6.36 Å². The number of benzene rings is 1. The molecule has 0 amide bonds. The summed E-state index contributed by atoms with van der Waals surface area (Å²) in [7, 11) is 0. The first-order valence-electron chi connectivity index (χ1n) is 8.52. The zero-order chi connectivity index (χ0) is 19.3. The Morgan fingerprint density at radius 1 is 1.19 bits per heavy atom. The average Bonchev–Trinajstić information content (AvgIpc) is 2.62. The summed E-state index contributed by atoms with van der Waals surface area (Å²) in [6, 6.07) is 9.50. The molecule has 0 fully saturated rings. The number of nitrogens with one attached hydrogen (secondary N) is 3. The Morgan fingerprint density at radius 3 is 2.70 bits per heavy atom. The Labute approximate surface area is 160 Å². The van der Waals surface area contributed by atoms with Gasteiger partial charge in [-0.3, -0.25) is 0 Å². The van der Waals surface area contributed by atoms with Crippen LogP contribution in [0.15, 0.2) is 36.4 Å². The minimum Gasteiger partial charge on any atom is -0.406 e. The first-order chi connectivity index (χ1) is 12.9. The van der Waals surface area contributed by atoms with Gasteiger partial charge in [0.25, 0.3) is 0 Å². The summed E-state index contributed by atoms with van der Waals surface area (Å²) in [5, 5.41) is 9.67. The first kappa shape index (κ1) is 19.2. The molecule has 0 saturated heterocycles. The van der Waals surface area contributed by atoms with Crippen molar-refractivity contribution in [3.05, 3.63) is 47.7 Å². The van der Waals surface area contributed by atoms with Crippen molar-refractivity contribution < 1.29 is 17.9 Å². The van der Waals surface area contributed by atoms with Crippen LogP contribution in [0.3, 0.4) is 0 Å². The van der Waals surface area contributed by atoms with E-state index in [1.807, 2.05) is 6.07 Å². The molecule has 144 valence electrons. The van der Waals surface area contributed by atoms with E-state index in [9.17, 15) is 13.2 Å². The van der Waals surface area contributed by atoms with Crippen molar-refractivity contribution >= 4 is 28.8 Å². The van der Waals surface area contributed by atoms with E-state index in [4.69, 9.17) is 12.2 Å². The molecular weight excluding hydrogens is 377 g/mol. The third-order valence-corrected chi connectivity index (χ3v) is 4.21. The van der Waals surface area contributed by atoms with Crippen LogP contribution >= 0.6 is 12.2 Å². The molecule has 0 unspecified atom stereocenters. The van der Waals surface area contributed by atoms with Gasteiger partial charge in [-0.05, 0) is 61.0 Å². The van der Waals surface area contributed by atoms with Gasteiger partial charge in [0.05, 0.1) is 0 Å². The molecule has 3 rings (SSSR count). The predicted molar refractivity (Wildman–Crippen MR) is 102 cm³/mol. The highest BCUT2D eigenvalue weighted by Gasteiger charge is 2.30. The molecule has 0 atom stereocenters. The number of hydrogen-bond donors (Lipinski definition) is 3. The second kappa shape index (κ2) is 8.43. The van der Waals surface area contributed by atoms with Crippen LogP contribution < -0.4 is 20.7 Å². The van der Waals surface area contributed by atoms with E-state index in [0.717, 1.165) is 30.9 Å². The van der Waals surface area contributed by atoms with Gasteiger partial charge in [-0.2, -0.15) is 0 Å². The van der Waals surface area contributed by atoms with Crippen molar-refractivity contribution in [1.82, 2.24) is 10.3 Å². The highest BCUT2D eigenvalue weighted by Crippen LogP contribution is 2.24. The summed E-state index contributed by atoms with van der Waals surface area (Å²) in [5.74, 6) is 0.680. The number of aryl methyl sites for hydroxylation is 1. The summed E-state index contributed by atoms with van der Waals surface area (Å²) < 4.78 is 40.3.